The van der Waals surface area contributed by atoms with Crippen LogP contribution in [0.5, 0.6) is 0 Å². The Morgan fingerprint density at radius 2 is 1.74 bits per heavy atom. The van der Waals surface area contributed by atoms with Gasteiger partial charge in [-0.25, -0.2) is 0 Å². The van der Waals surface area contributed by atoms with Crippen molar-refractivity contribution >= 4 is 11.6 Å². The quantitative estimate of drug-likeness (QED) is 0.668. The summed E-state index contributed by atoms with van der Waals surface area (Å²) in [5, 5.41) is 0. The van der Waals surface area contributed by atoms with Crippen LogP contribution >= 0.6 is 11.6 Å². The second-order valence-electron chi connectivity index (χ2n) is 8.02. The van der Waals surface area contributed by atoms with E-state index >= 15 is 0 Å². The third-order valence-electron chi connectivity index (χ3n) is 6.51. The van der Waals surface area contributed by atoms with Crippen LogP contribution < -0.4 is 0 Å². The molecule has 19 heavy (non-hydrogen) atoms. The lowest BCUT2D eigenvalue weighted by Gasteiger charge is -2.36. The summed E-state index contributed by atoms with van der Waals surface area (Å²) in [5.74, 6) is 2.93. The van der Waals surface area contributed by atoms with E-state index in [0.29, 0.717) is 11.5 Å². The van der Waals surface area contributed by atoms with E-state index in [-0.39, 0.29) is 5.60 Å². The first-order valence-electron chi connectivity index (χ1n) is 8.46. The first kappa shape index (κ1) is 13.0. The third kappa shape index (κ3) is 2.35. The molecule has 0 aromatic heterocycles. The second kappa shape index (κ2) is 4.63. The normalized spacial score (nSPS) is 47.5. The fourth-order valence-corrected chi connectivity index (χ4v) is 5.75. The van der Waals surface area contributed by atoms with Crippen LogP contribution in [-0.4, -0.2) is 17.6 Å². The molecular formula is C17H27ClO. The van der Waals surface area contributed by atoms with Gasteiger partial charge < -0.3 is 4.74 Å². The zero-order valence-corrected chi connectivity index (χ0v) is 12.8. The zero-order chi connectivity index (χ0) is 12.9. The molecule has 3 atom stereocenters. The first-order chi connectivity index (χ1) is 9.23. The monoisotopic (exact) mass is 282 g/mol. The highest BCUT2D eigenvalue weighted by Crippen LogP contribution is 2.62. The first-order valence-corrected chi connectivity index (χ1v) is 9.00. The second-order valence-corrected chi connectivity index (χ2v) is 8.29. The van der Waals surface area contributed by atoms with Crippen molar-refractivity contribution < 1.29 is 4.74 Å². The largest absolute Gasteiger partial charge is 0.372 e. The van der Waals surface area contributed by atoms with Crippen molar-refractivity contribution in [2.45, 2.75) is 82.3 Å². The molecular weight excluding hydrogens is 256 g/mol. The molecule has 0 aromatic rings. The van der Waals surface area contributed by atoms with Crippen molar-refractivity contribution in [3.8, 4) is 0 Å². The molecule has 1 heterocycles. The summed E-state index contributed by atoms with van der Waals surface area (Å²) in [7, 11) is 0. The van der Waals surface area contributed by atoms with Gasteiger partial charge in [0.1, 0.15) is 0 Å². The fourth-order valence-electron chi connectivity index (χ4n) is 5.42. The molecule has 3 saturated carbocycles. The maximum Gasteiger partial charge on any atom is 0.0687 e. The maximum atomic E-state index is 6.57. The van der Waals surface area contributed by atoms with Crippen molar-refractivity contribution in [3.63, 3.8) is 0 Å². The SMILES string of the molecule is ClCC1(CC2CCC3(CCCCC3)O2)CC2CC2C1. The molecule has 0 bridgehead atoms. The Hall–Kier alpha value is 0.250. The lowest BCUT2D eigenvalue weighted by Crippen LogP contribution is -2.33. The molecule has 0 aromatic carbocycles. The number of rotatable bonds is 3. The van der Waals surface area contributed by atoms with E-state index in [1.54, 1.807) is 0 Å². The van der Waals surface area contributed by atoms with E-state index < -0.39 is 0 Å². The summed E-state index contributed by atoms with van der Waals surface area (Å²) in [5.41, 5.74) is 0.734. The third-order valence-corrected chi connectivity index (χ3v) is 7.07. The van der Waals surface area contributed by atoms with Gasteiger partial charge in [0, 0.05) is 5.88 Å². The highest BCUT2D eigenvalue weighted by atomic mass is 35.5. The van der Waals surface area contributed by atoms with Crippen LogP contribution in [0, 0.1) is 17.3 Å². The molecule has 1 nitrogen and oxygen atoms in total. The molecule has 0 N–H and O–H groups in total. The minimum Gasteiger partial charge on any atom is -0.372 e. The average Bonchev–Trinajstić information content (AvgIpc) is 2.88. The Bertz CT molecular complexity index is 337. The Balaban J connectivity index is 1.38. The van der Waals surface area contributed by atoms with Gasteiger partial charge in [0.2, 0.25) is 0 Å². The molecule has 3 aliphatic carbocycles. The van der Waals surface area contributed by atoms with E-state index in [1.165, 1.54) is 70.6 Å². The molecule has 3 unspecified atom stereocenters. The van der Waals surface area contributed by atoms with Gasteiger partial charge in [0.15, 0.2) is 0 Å². The van der Waals surface area contributed by atoms with E-state index in [2.05, 4.69) is 0 Å². The maximum absolute atomic E-state index is 6.57. The summed E-state index contributed by atoms with van der Waals surface area (Å²) in [6.45, 7) is 0. The Morgan fingerprint density at radius 1 is 1.00 bits per heavy atom. The van der Waals surface area contributed by atoms with Crippen molar-refractivity contribution in [3.05, 3.63) is 0 Å². The smallest absolute Gasteiger partial charge is 0.0687 e. The number of fused-ring (bicyclic) bond motifs is 1. The topological polar surface area (TPSA) is 9.23 Å². The summed E-state index contributed by atoms with van der Waals surface area (Å²) in [4.78, 5) is 0. The molecule has 0 radical (unpaired) electrons. The van der Waals surface area contributed by atoms with Crippen molar-refractivity contribution in [2.24, 2.45) is 17.3 Å². The molecule has 108 valence electrons. The van der Waals surface area contributed by atoms with Crippen molar-refractivity contribution in [1.29, 1.82) is 0 Å². The molecule has 4 fully saturated rings. The molecule has 1 aliphatic heterocycles. The summed E-state index contributed by atoms with van der Waals surface area (Å²) >= 11 is 6.35. The molecule has 0 amide bonds. The standard InChI is InChI=1S/C17H27ClO/c18-12-16(9-13-8-14(13)10-16)11-15-4-7-17(19-15)5-2-1-3-6-17/h13-15H,1-12H2. The summed E-state index contributed by atoms with van der Waals surface area (Å²) < 4.78 is 6.57. The number of hydrogen-bond donors (Lipinski definition) is 0. The Morgan fingerprint density at radius 3 is 2.42 bits per heavy atom. The highest BCUT2D eigenvalue weighted by Gasteiger charge is 2.54. The highest BCUT2D eigenvalue weighted by molar-refractivity contribution is 6.18. The molecule has 1 spiro atoms. The van der Waals surface area contributed by atoms with Gasteiger partial charge in [-0.15, -0.1) is 11.6 Å². The number of alkyl halides is 1. The van der Waals surface area contributed by atoms with Crippen LogP contribution in [0.3, 0.4) is 0 Å². The predicted octanol–water partition coefficient (Wildman–Crippen LogP) is 4.91. The van der Waals surface area contributed by atoms with Gasteiger partial charge in [-0.2, -0.15) is 0 Å². The number of hydrogen-bond acceptors (Lipinski definition) is 1. The van der Waals surface area contributed by atoms with Gasteiger partial charge in [-0.05, 0) is 68.6 Å². The van der Waals surface area contributed by atoms with E-state index in [9.17, 15) is 0 Å². The van der Waals surface area contributed by atoms with Crippen LogP contribution in [0.2, 0.25) is 0 Å². The number of halogens is 1. The predicted molar refractivity (Wildman–Crippen MR) is 78.5 cm³/mol. The summed E-state index contributed by atoms with van der Waals surface area (Å²) in [6.07, 6.45) is 15.5. The van der Waals surface area contributed by atoms with E-state index in [4.69, 9.17) is 16.3 Å². The van der Waals surface area contributed by atoms with E-state index in [1.807, 2.05) is 0 Å². The Labute approximate surface area is 122 Å². The molecule has 4 rings (SSSR count). The number of ether oxygens (including phenoxy) is 1. The van der Waals surface area contributed by atoms with E-state index in [0.717, 1.165) is 17.7 Å². The molecule has 4 aliphatic rings. The molecule has 1 saturated heterocycles. The van der Waals surface area contributed by atoms with Gasteiger partial charge in [-0.1, -0.05) is 19.3 Å². The fraction of sp³-hybridized carbons (Fsp3) is 1.00. The molecule has 2 heteroatoms. The van der Waals surface area contributed by atoms with Crippen LogP contribution in [0.15, 0.2) is 0 Å². The lowest BCUT2D eigenvalue weighted by atomic mass is 9.79. The average molecular weight is 283 g/mol. The minimum atomic E-state index is 0.290. The van der Waals surface area contributed by atoms with Crippen LogP contribution in [0.4, 0.5) is 0 Å². The lowest BCUT2D eigenvalue weighted by molar-refractivity contribution is -0.0759. The van der Waals surface area contributed by atoms with Gasteiger partial charge >= 0.3 is 0 Å². The van der Waals surface area contributed by atoms with Crippen LogP contribution in [0.25, 0.3) is 0 Å². The van der Waals surface area contributed by atoms with Crippen molar-refractivity contribution in [1.82, 2.24) is 0 Å². The van der Waals surface area contributed by atoms with Gasteiger partial charge in [-0.3, -0.25) is 0 Å². The zero-order valence-electron chi connectivity index (χ0n) is 12.0. The van der Waals surface area contributed by atoms with Gasteiger partial charge in [0.05, 0.1) is 11.7 Å². The Kier molecular flexibility index (Phi) is 3.16. The van der Waals surface area contributed by atoms with Crippen LogP contribution in [0.1, 0.15) is 70.6 Å². The summed E-state index contributed by atoms with van der Waals surface area (Å²) in [6, 6.07) is 0. The van der Waals surface area contributed by atoms with Crippen molar-refractivity contribution in [2.75, 3.05) is 5.88 Å². The van der Waals surface area contributed by atoms with Crippen LogP contribution in [-0.2, 0) is 4.74 Å². The van der Waals surface area contributed by atoms with Gasteiger partial charge in [0.25, 0.3) is 0 Å². The minimum absolute atomic E-state index is 0.290.